The first-order valence-electron chi connectivity index (χ1n) is 11.6. The Hall–Kier alpha value is -3.35. The fourth-order valence-corrected chi connectivity index (χ4v) is 4.35. The number of alkyl carbamates (subject to hydrolysis) is 1. The zero-order valence-corrected chi connectivity index (χ0v) is 20.4. The van der Waals surface area contributed by atoms with E-state index >= 15 is 0 Å². The standard InChI is InChI=1S/C27H34N2O5/c1-16(2)21(25(31)32)14-28-24(30)23(27(3,4)5)29-26(33)34-15-22-19-12-8-6-10-17(19)18-11-7-9-13-20(18)22/h6-13,16,21-23H,14-15H2,1-5H3,(H,28,30)(H,29,33)(H,31,32)/t21?,23-/m1/s1. The van der Waals surface area contributed by atoms with E-state index in [4.69, 9.17) is 4.74 Å². The van der Waals surface area contributed by atoms with E-state index < -0.39 is 35.3 Å². The van der Waals surface area contributed by atoms with Crippen LogP contribution in [0.2, 0.25) is 0 Å². The molecule has 7 nitrogen and oxygen atoms in total. The topological polar surface area (TPSA) is 105 Å². The van der Waals surface area contributed by atoms with E-state index in [1.54, 1.807) is 13.8 Å². The quantitative estimate of drug-likeness (QED) is 0.534. The molecule has 0 spiro atoms. The zero-order chi connectivity index (χ0) is 25.0. The number of carbonyl (C=O) groups excluding carboxylic acids is 2. The van der Waals surface area contributed by atoms with Crippen LogP contribution >= 0.6 is 0 Å². The molecule has 2 aromatic rings. The number of nitrogens with one attached hydrogen (secondary N) is 2. The van der Waals surface area contributed by atoms with Crippen LogP contribution in [0.4, 0.5) is 4.79 Å². The van der Waals surface area contributed by atoms with Crippen molar-refractivity contribution in [1.29, 1.82) is 0 Å². The first-order valence-corrected chi connectivity index (χ1v) is 11.6. The summed E-state index contributed by atoms with van der Waals surface area (Å²) >= 11 is 0. The highest BCUT2D eigenvalue weighted by molar-refractivity contribution is 5.87. The number of carbonyl (C=O) groups is 3. The van der Waals surface area contributed by atoms with Gasteiger partial charge in [-0.1, -0.05) is 83.1 Å². The smallest absolute Gasteiger partial charge is 0.407 e. The number of hydrogen-bond donors (Lipinski definition) is 3. The first kappa shape index (κ1) is 25.3. The maximum Gasteiger partial charge on any atom is 0.407 e. The van der Waals surface area contributed by atoms with Gasteiger partial charge in [0.1, 0.15) is 12.6 Å². The van der Waals surface area contributed by atoms with E-state index in [2.05, 4.69) is 22.8 Å². The minimum atomic E-state index is -0.966. The van der Waals surface area contributed by atoms with Crippen molar-refractivity contribution in [3.8, 4) is 11.1 Å². The molecule has 1 aliphatic rings. The molecule has 0 saturated heterocycles. The van der Waals surface area contributed by atoms with Crippen LogP contribution in [0.1, 0.15) is 51.7 Å². The van der Waals surface area contributed by atoms with E-state index in [1.165, 1.54) is 0 Å². The second kappa shape index (κ2) is 10.3. The largest absolute Gasteiger partial charge is 0.481 e. The summed E-state index contributed by atoms with van der Waals surface area (Å²) < 4.78 is 5.59. The van der Waals surface area contributed by atoms with E-state index in [1.807, 2.05) is 57.2 Å². The Morgan fingerprint density at radius 2 is 1.50 bits per heavy atom. The van der Waals surface area contributed by atoms with Crippen molar-refractivity contribution in [2.24, 2.45) is 17.3 Å². The van der Waals surface area contributed by atoms with Crippen LogP contribution in [0, 0.1) is 17.3 Å². The van der Waals surface area contributed by atoms with E-state index in [0.717, 1.165) is 22.3 Å². The van der Waals surface area contributed by atoms with Crippen LogP contribution in [0.3, 0.4) is 0 Å². The molecule has 2 amide bonds. The van der Waals surface area contributed by atoms with Gasteiger partial charge < -0.3 is 20.5 Å². The molecule has 0 fully saturated rings. The predicted octanol–water partition coefficient (Wildman–Crippen LogP) is 4.41. The molecule has 1 aliphatic carbocycles. The number of carboxylic acids is 1. The van der Waals surface area contributed by atoms with Crippen LogP contribution in [-0.2, 0) is 14.3 Å². The van der Waals surface area contributed by atoms with Gasteiger partial charge in [-0.05, 0) is 33.6 Å². The third-order valence-corrected chi connectivity index (χ3v) is 6.35. The Labute approximate surface area is 200 Å². The molecule has 0 heterocycles. The third-order valence-electron chi connectivity index (χ3n) is 6.35. The van der Waals surface area contributed by atoms with Crippen LogP contribution in [-0.4, -0.2) is 42.3 Å². The van der Waals surface area contributed by atoms with Gasteiger partial charge in [-0.15, -0.1) is 0 Å². The van der Waals surface area contributed by atoms with Crippen molar-refractivity contribution < 1.29 is 24.2 Å². The monoisotopic (exact) mass is 466 g/mol. The summed E-state index contributed by atoms with van der Waals surface area (Å²) in [5, 5.41) is 14.8. The lowest BCUT2D eigenvalue weighted by atomic mass is 9.86. The molecule has 34 heavy (non-hydrogen) atoms. The Balaban J connectivity index is 1.66. The highest BCUT2D eigenvalue weighted by Gasteiger charge is 2.35. The molecule has 0 bridgehead atoms. The summed E-state index contributed by atoms with van der Waals surface area (Å²) in [7, 11) is 0. The molecule has 3 N–H and O–H groups in total. The lowest BCUT2D eigenvalue weighted by molar-refractivity contribution is -0.143. The van der Waals surface area contributed by atoms with Crippen molar-refractivity contribution >= 4 is 18.0 Å². The normalized spacial score (nSPS) is 14.6. The Bertz CT molecular complexity index is 1010. The summed E-state index contributed by atoms with van der Waals surface area (Å²) in [6, 6.07) is 15.3. The maximum absolute atomic E-state index is 12.9. The molecule has 2 atom stereocenters. The molecule has 0 aromatic heterocycles. The molecule has 0 radical (unpaired) electrons. The number of benzene rings is 2. The SMILES string of the molecule is CC(C)C(CNC(=O)[C@@H](NC(=O)OCC1c2ccccc2-c2ccccc21)C(C)(C)C)C(=O)O. The number of aliphatic carboxylic acids is 1. The fourth-order valence-electron chi connectivity index (χ4n) is 4.35. The summed E-state index contributed by atoms with van der Waals surface area (Å²) in [4.78, 5) is 37.1. The predicted molar refractivity (Wildman–Crippen MR) is 130 cm³/mol. The van der Waals surface area contributed by atoms with E-state index in [0.29, 0.717) is 0 Å². The Kier molecular flexibility index (Phi) is 7.64. The Morgan fingerprint density at radius 1 is 0.971 bits per heavy atom. The van der Waals surface area contributed by atoms with Crippen LogP contribution in [0.15, 0.2) is 48.5 Å². The summed E-state index contributed by atoms with van der Waals surface area (Å²) in [6.07, 6.45) is -0.685. The Morgan fingerprint density at radius 3 is 1.97 bits per heavy atom. The molecule has 1 unspecified atom stereocenters. The van der Waals surface area contributed by atoms with E-state index in [-0.39, 0.29) is 25.0 Å². The van der Waals surface area contributed by atoms with E-state index in [9.17, 15) is 19.5 Å². The minimum absolute atomic E-state index is 0.00914. The maximum atomic E-state index is 12.9. The second-order valence-corrected chi connectivity index (χ2v) is 10.2. The van der Waals surface area contributed by atoms with Gasteiger partial charge in [-0.3, -0.25) is 9.59 Å². The summed E-state index contributed by atoms with van der Waals surface area (Å²) in [5.41, 5.74) is 3.88. The molecule has 0 saturated carbocycles. The zero-order valence-electron chi connectivity index (χ0n) is 20.4. The van der Waals surface area contributed by atoms with Gasteiger partial charge in [0.25, 0.3) is 0 Å². The van der Waals surface area contributed by atoms with Crippen molar-refractivity contribution in [3.05, 3.63) is 59.7 Å². The van der Waals surface area contributed by atoms with Gasteiger partial charge >= 0.3 is 12.1 Å². The molecular weight excluding hydrogens is 432 g/mol. The average molecular weight is 467 g/mol. The van der Waals surface area contributed by atoms with Gasteiger partial charge in [0.15, 0.2) is 0 Å². The molecule has 0 aliphatic heterocycles. The lowest BCUT2D eigenvalue weighted by Gasteiger charge is -2.30. The molecule has 7 heteroatoms. The van der Waals surface area contributed by atoms with Crippen molar-refractivity contribution in [1.82, 2.24) is 10.6 Å². The van der Waals surface area contributed by atoms with Crippen LogP contribution in [0.5, 0.6) is 0 Å². The molecular formula is C27H34N2O5. The molecule has 2 aromatic carbocycles. The first-order chi connectivity index (χ1) is 16.0. The minimum Gasteiger partial charge on any atom is -0.481 e. The highest BCUT2D eigenvalue weighted by Crippen LogP contribution is 2.44. The van der Waals surface area contributed by atoms with Gasteiger partial charge in [0.2, 0.25) is 5.91 Å². The highest BCUT2D eigenvalue weighted by atomic mass is 16.5. The van der Waals surface area contributed by atoms with Gasteiger partial charge in [-0.25, -0.2) is 4.79 Å². The van der Waals surface area contributed by atoms with Crippen molar-refractivity contribution in [3.63, 3.8) is 0 Å². The molecule has 3 rings (SSSR count). The number of fused-ring (bicyclic) bond motifs is 3. The van der Waals surface area contributed by atoms with Crippen LogP contribution in [0.25, 0.3) is 11.1 Å². The number of ether oxygens (including phenoxy) is 1. The summed E-state index contributed by atoms with van der Waals surface area (Å²) in [5.74, 6) is -2.33. The number of carboxylic acid groups (broad SMARTS) is 1. The fraction of sp³-hybridized carbons (Fsp3) is 0.444. The second-order valence-electron chi connectivity index (χ2n) is 10.2. The number of amides is 2. The third kappa shape index (κ3) is 5.58. The number of hydrogen-bond acceptors (Lipinski definition) is 4. The van der Waals surface area contributed by atoms with Crippen molar-refractivity contribution in [2.75, 3.05) is 13.2 Å². The molecule has 182 valence electrons. The number of rotatable bonds is 8. The van der Waals surface area contributed by atoms with Gasteiger partial charge in [0, 0.05) is 12.5 Å². The summed E-state index contributed by atoms with van der Waals surface area (Å²) in [6.45, 7) is 9.22. The van der Waals surface area contributed by atoms with Crippen molar-refractivity contribution in [2.45, 2.75) is 46.6 Å². The van der Waals surface area contributed by atoms with Gasteiger partial charge in [-0.2, -0.15) is 0 Å². The average Bonchev–Trinajstić information content (AvgIpc) is 3.08. The van der Waals surface area contributed by atoms with Gasteiger partial charge in [0.05, 0.1) is 5.92 Å². The van der Waals surface area contributed by atoms with Crippen LogP contribution < -0.4 is 10.6 Å². The lowest BCUT2D eigenvalue weighted by Crippen LogP contribution is -2.54.